The predicted octanol–water partition coefficient (Wildman–Crippen LogP) is 5.79. The van der Waals surface area contributed by atoms with Crippen molar-refractivity contribution in [3.05, 3.63) is 88.9 Å². The summed E-state index contributed by atoms with van der Waals surface area (Å²) in [6.07, 6.45) is -4.37. The van der Waals surface area contributed by atoms with Crippen LogP contribution in [0, 0.1) is 6.92 Å². The molecule has 1 aliphatic carbocycles. The Bertz CT molecular complexity index is 1430. The lowest BCUT2D eigenvalue weighted by Crippen LogP contribution is -2.30. The first-order chi connectivity index (χ1) is 17.3. The summed E-state index contributed by atoms with van der Waals surface area (Å²) < 4.78 is 47.1. The Balaban J connectivity index is 1.16. The molecule has 1 saturated heterocycles. The Labute approximate surface area is 205 Å². The van der Waals surface area contributed by atoms with Crippen molar-refractivity contribution in [3.8, 4) is 11.1 Å². The zero-order chi connectivity index (χ0) is 25.0. The van der Waals surface area contributed by atoms with Crippen molar-refractivity contribution in [1.82, 2.24) is 19.5 Å². The molecule has 9 heteroatoms. The molecule has 184 valence electrons. The quantitative estimate of drug-likeness (QED) is 0.363. The molecule has 1 fully saturated rings. The first-order valence-corrected chi connectivity index (χ1v) is 11.8. The van der Waals surface area contributed by atoms with Crippen LogP contribution >= 0.6 is 0 Å². The van der Waals surface area contributed by atoms with Gasteiger partial charge in [-0.15, -0.1) is 0 Å². The Hall–Kier alpha value is -3.88. The Morgan fingerprint density at radius 1 is 1.06 bits per heavy atom. The molecule has 1 unspecified atom stereocenters. The van der Waals surface area contributed by atoms with E-state index in [1.807, 2.05) is 24.3 Å². The van der Waals surface area contributed by atoms with Crippen LogP contribution in [0.25, 0.3) is 16.8 Å². The molecule has 36 heavy (non-hydrogen) atoms. The van der Waals surface area contributed by atoms with E-state index in [-0.39, 0.29) is 29.8 Å². The number of aryl methyl sites for hydroxylation is 1. The van der Waals surface area contributed by atoms with E-state index in [2.05, 4.69) is 34.3 Å². The van der Waals surface area contributed by atoms with Crippen LogP contribution in [0.15, 0.2) is 60.7 Å². The molecule has 2 aromatic carbocycles. The summed E-state index contributed by atoms with van der Waals surface area (Å²) in [7, 11) is 0. The second-order valence-electron chi connectivity index (χ2n) is 9.36. The fourth-order valence-electron chi connectivity index (χ4n) is 5.37. The van der Waals surface area contributed by atoms with E-state index >= 15 is 0 Å². The first-order valence-electron chi connectivity index (χ1n) is 11.8. The number of hydrogen-bond donors (Lipinski definition) is 0. The monoisotopic (exact) mass is 492 g/mol. The summed E-state index contributed by atoms with van der Waals surface area (Å²) in [6, 6.07) is 18.8. The van der Waals surface area contributed by atoms with Gasteiger partial charge in [0.1, 0.15) is 12.3 Å². The summed E-state index contributed by atoms with van der Waals surface area (Å²) in [4.78, 5) is 18.7. The van der Waals surface area contributed by atoms with Gasteiger partial charge in [-0.1, -0.05) is 48.5 Å². The minimum absolute atomic E-state index is 0.0340. The summed E-state index contributed by atoms with van der Waals surface area (Å²) in [5.41, 5.74) is 4.64. The van der Waals surface area contributed by atoms with Crippen LogP contribution in [0.5, 0.6) is 0 Å². The minimum Gasteiger partial charge on any atom is -0.448 e. The topological polar surface area (TPSA) is 59.7 Å². The van der Waals surface area contributed by atoms with Gasteiger partial charge >= 0.3 is 12.3 Å². The van der Waals surface area contributed by atoms with Gasteiger partial charge in [0.15, 0.2) is 5.65 Å². The maximum atomic E-state index is 13.5. The molecule has 6 nitrogen and oxygen atoms in total. The highest BCUT2D eigenvalue weighted by atomic mass is 19.4. The highest BCUT2D eigenvalue weighted by Crippen LogP contribution is 2.44. The number of benzene rings is 2. The molecule has 0 spiro atoms. The number of rotatable bonds is 3. The zero-order valence-corrected chi connectivity index (χ0v) is 19.5. The summed E-state index contributed by atoms with van der Waals surface area (Å²) in [6.45, 7) is 2.53. The number of amides is 1. The summed E-state index contributed by atoms with van der Waals surface area (Å²) >= 11 is 0. The molecule has 1 amide bonds. The van der Waals surface area contributed by atoms with E-state index in [4.69, 9.17) is 4.74 Å². The molecular weight excluding hydrogens is 469 g/mol. The van der Waals surface area contributed by atoms with Crippen LogP contribution in [-0.2, 0) is 10.9 Å². The van der Waals surface area contributed by atoms with Crippen molar-refractivity contribution in [2.24, 2.45) is 0 Å². The van der Waals surface area contributed by atoms with E-state index in [1.54, 1.807) is 11.0 Å². The standard InChI is InChI=1S/C27H23F3N4O2/c1-16-12-24(27(28,29)30)34-25(31-16)13-23(32-34)17-10-11-33(14-17)26(35)36-15-22-20-8-4-2-6-18(20)19-7-3-5-9-21(19)22/h2-9,12-13,17,22H,10-11,14-15H2,1H3. The van der Waals surface area contributed by atoms with Crippen molar-refractivity contribution in [2.75, 3.05) is 19.7 Å². The maximum absolute atomic E-state index is 13.5. The third kappa shape index (κ3) is 3.79. The number of carbonyl (C=O) groups is 1. The summed E-state index contributed by atoms with van der Waals surface area (Å²) in [5, 5.41) is 4.21. The zero-order valence-electron chi connectivity index (χ0n) is 19.5. The number of nitrogens with zero attached hydrogens (tertiary/aromatic N) is 4. The van der Waals surface area contributed by atoms with E-state index in [1.165, 1.54) is 6.92 Å². The lowest BCUT2D eigenvalue weighted by atomic mass is 9.98. The average Bonchev–Trinajstić information content (AvgIpc) is 3.57. The van der Waals surface area contributed by atoms with Gasteiger partial charge in [-0.3, -0.25) is 0 Å². The number of likely N-dealkylation sites (tertiary alicyclic amines) is 1. The Morgan fingerprint density at radius 3 is 2.39 bits per heavy atom. The first kappa shape index (κ1) is 22.6. The van der Waals surface area contributed by atoms with E-state index in [0.717, 1.165) is 32.8 Å². The molecule has 6 rings (SSSR count). The van der Waals surface area contributed by atoms with Gasteiger partial charge in [0.05, 0.1) is 5.69 Å². The van der Waals surface area contributed by atoms with Crippen molar-refractivity contribution >= 4 is 11.7 Å². The van der Waals surface area contributed by atoms with Crippen molar-refractivity contribution < 1.29 is 22.7 Å². The van der Waals surface area contributed by atoms with Crippen LogP contribution in [0.4, 0.5) is 18.0 Å². The van der Waals surface area contributed by atoms with Crippen molar-refractivity contribution in [3.63, 3.8) is 0 Å². The Kier molecular flexibility index (Phi) is 5.24. The third-order valence-corrected chi connectivity index (χ3v) is 7.07. The maximum Gasteiger partial charge on any atom is 0.433 e. The fourth-order valence-corrected chi connectivity index (χ4v) is 5.37. The van der Waals surface area contributed by atoms with Gasteiger partial charge in [0, 0.05) is 36.7 Å². The van der Waals surface area contributed by atoms with Gasteiger partial charge in [0.25, 0.3) is 0 Å². The molecule has 2 aromatic heterocycles. The number of aromatic nitrogens is 3. The molecule has 0 saturated carbocycles. The number of hydrogen-bond acceptors (Lipinski definition) is 4. The lowest BCUT2D eigenvalue weighted by molar-refractivity contribution is -0.142. The molecular formula is C27H23F3N4O2. The van der Waals surface area contributed by atoms with E-state index in [9.17, 15) is 18.0 Å². The number of alkyl halides is 3. The Morgan fingerprint density at radius 2 is 1.72 bits per heavy atom. The van der Waals surface area contributed by atoms with Crippen LogP contribution < -0.4 is 0 Å². The number of carbonyl (C=O) groups excluding carboxylic acids is 1. The third-order valence-electron chi connectivity index (χ3n) is 7.07. The van der Waals surface area contributed by atoms with Gasteiger partial charge in [-0.25, -0.2) is 14.3 Å². The molecule has 2 aliphatic rings. The van der Waals surface area contributed by atoms with Gasteiger partial charge in [0.2, 0.25) is 0 Å². The van der Waals surface area contributed by atoms with Crippen LogP contribution in [0.3, 0.4) is 0 Å². The molecule has 1 aliphatic heterocycles. The van der Waals surface area contributed by atoms with Crippen LogP contribution in [-0.4, -0.2) is 45.3 Å². The minimum atomic E-state index is -4.54. The van der Waals surface area contributed by atoms with E-state index in [0.29, 0.717) is 25.2 Å². The largest absolute Gasteiger partial charge is 0.448 e. The molecule has 1 atom stereocenters. The lowest BCUT2D eigenvalue weighted by Gasteiger charge is -2.19. The predicted molar refractivity (Wildman–Crippen MR) is 127 cm³/mol. The number of halogens is 3. The highest BCUT2D eigenvalue weighted by molar-refractivity contribution is 5.79. The summed E-state index contributed by atoms with van der Waals surface area (Å²) in [5.74, 6) is -0.220. The highest BCUT2D eigenvalue weighted by Gasteiger charge is 2.37. The number of ether oxygens (including phenoxy) is 1. The van der Waals surface area contributed by atoms with Gasteiger partial charge < -0.3 is 9.64 Å². The van der Waals surface area contributed by atoms with Crippen LogP contribution in [0.2, 0.25) is 0 Å². The second-order valence-corrected chi connectivity index (χ2v) is 9.36. The molecule has 0 N–H and O–H groups in total. The second kappa shape index (κ2) is 8.36. The molecule has 0 bridgehead atoms. The van der Waals surface area contributed by atoms with Crippen molar-refractivity contribution in [1.29, 1.82) is 0 Å². The van der Waals surface area contributed by atoms with Gasteiger partial charge in [-0.2, -0.15) is 18.3 Å². The van der Waals surface area contributed by atoms with E-state index < -0.39 is 18.0 Å². The molecule has 3 heterocycles. The smallest absolute Gasteiger partial charge is 0.433 e. The normalized spacial score (nSPS) is 17.4. The fraction of sp³-hybridized carbons (Fsp3) is 0.296. The van der Waals surface area contributed by atoms with Crippen molar-refractivity contribution in [2.45, 2.75) is 31.4 Å². The van der Waals surface area contributed by atoms with Gasteiger partial charge in [-0.05, 0) is 41.7 Å². The average molecular weight is 493 g/mol. The SMILES string of the molecule is Cc1cc(C(F)(F)F)n2nc(C3CCN(C(=O)OCC4c5ccccc5-c5ccccc54)C3)cc2n1. The molecule has 0 radical (unpaired) electrons. The van der Waals surface area contributed by atoms with Crippen LogP contribution in [0.1, 0.15) is 46.5 Å². The molecule has 4 aromatic rings. The number of fused-ring (bicyclic) bond motifs is 4.